The van der Waals surface area contributed by atoms with Crippen LogP contribution in [0, 0.1) is 11.1 Å². The third-order valence-corrected chi connectivity index (χ3v) is 10.1. The van der Waals surface area contributed by atoms with E-state index in [1.807, 2.05) is 4.91 Å². The van der Waals surface area contributed by atoms with Crippen LogP contribution in [0.5, 0.6) is 0 Å². The molecule has 13 heavy (non-hydrogen) atoms. The van der Waals surface area contributed by atoms with E-state index in [2.05, 4.69) is 58.2 Å². The van der Waals surface area contributed by atoms with Crippen LogP contribution in [0.3, 0.4) is 0 Å². The van der Waals surface area contributed by atoms with Crippen molar-refractivity contribution < 1.29 is 0 Å². The molecule has 0 aromatic rings. The molecule has 0 aliphatic heterocycles. The van der Waals surface area contributed by atoms with Gasteiger partial charge in [-0.15, -0.1) is 0 Å². The topological polar surface area (TPSA) is 61.8 Å². The van der Waals surface area contributed by atoms with E-state index in [0.29, 0.717) is 5.04 Å². The molecule has 0 aromatic heterocycles. The molecule has 0 aliphatic carbocycles. The summed E-state index contributed by atoms with van der Waals surface area (Å²) in [5.41, 5.74) is 11.9. The van der Waals surface area contributed by atoms with Crippen molar-refractivity contribution in [3.63, 3.8) is 0 Å². The molecule has 0 rings (SSSR count). The van der Waals surface area contributed by atoms with Gasteiger partial charge in [0.05, 0.1) is 0 Å². The molecule has 0 bridgehead atoms. The first-order valence-corrected chi connectivity index (χ1v) is 7.72. The van der Waals surface area contributed by atoms with Gasteiger partial charge in [-0.1, -0.05) is 0 Å². The number of rotatable bonds is 1. The Morgan fingerprint density at radius 2 is 1.46 bits per heavy atom. The molecule has 1 atom stereocenters. The van der Waals surface area contributed by atoms with Crippen molar-refractivity contribution in [2.24, 2.45) is 0 Å². The van der Waals surface area contributed by atoms with Crippen LogP contribution in [0.25, 0.3) is 0 Å². The summed E-state index contributed by atoms with van der Waals surface area (Å²) in [6.45, 7) is 14.3. The van der Waals surface area contributed by atoms with Crippen molar-refractivity contribution in [1.82, 2.24) is 4.91 Å². The van der Waals surface area contributed by atoms with Crippen LogP contribution in [0.2, 0.25) is 17.1 Å². The third-order valence-electron chi connectivity index (χ3n) is 3.38. The van der Waals surface area contributed by atoms with Crippen LogP contribution in [0.15, 0.2) is 0 Å². The SMILES string of the molecule is N=[N+]=N.[Li][Si](C)(C(C)C)C(C)(C)C. The van der Waals surface area contributed by atoms with Crippen molar-refractivity contribution in [1.29, 1.82) is 11.1 Å². The van der Waals surface area contributed by atoms with Gasteiger partial charge in [-0.25, -0.2) is 0 Å². The Morgan fingerprint density at radius 1 is 1.23 bits per heavy atom. The monoisotopic (exact) mass is 194 g/mol. The zero-order valence-electron chi connectivity index (χ0n) is 10.0. The predicted octanol–water partition coefficient (Wildman–Crippen LogP) is 3.06. The fourth-order valence-corrected chi connectivity index (χ4v) is 2.60. The van der Waals surface area contributed by atoms with E-state index in [9.17, 15) is 0 Å². The summed E-state index contributed by atoms with van der Waals surface area (Å²) in [4.78, 5) is 2.00. The molecule has 0 saturated heterocycles. The molecule has 0 heterocycles. The number of nitrogens with zero attached hydrogens (tertiary/aromatic N) is 1. The van der Waals surface area contributed by atoms with E-state index in [-0.39, 0.29) is 0 Å². The Bertz CT molecular complexity index is 178. The van der Waals surface area contributed by atoms with Gasteiger partial charge in [0.25, 0.3) is 0 Å². The van der Waals surface area contributed by atoms with E-state index < -0.39 is 6.40 Å². The summed E-state index contributed by atoms with van der Waals surface area (Å²) >= 11 is 2.48. The Morgan fingerprint density at radius 3 is 1.46 bits per heavy atom. The van der Waals surface area contributed by atoms with Gasteiger partial charge in [0, 0.05) is 0 Å². The quantitative estimate of drug-likeness (QED) is 0.366. The molecule has 0 radical (unpaired) electrons. The van der Waals surface area contributed by atoms with Crippen LogP contribution in [-0.2, 0) is 0 Å². The molecular weight excluding hydrogens is 173 g/mol. The molecule has 2 N–H and O–H groups in total. The number of nitrogens with one attached hydrogen (secondary N) is 2. The van der Waals surface area contributed by atoms with Gasteiger partial charge < -0.3 is 0 Å². The second kappa shape index (κ2) is 5.77. The average molecular weight is 194 g/mol. The van der Waals surface area contributed by atoms with E-state index >= 15 is 0 Å². The molecule has 1 unspecified atom stereocenters. The summed E-state index contributed by atoms with van der Waals surface area (Å²) in [5.74, 6) is 0. The summed E-state index contributed by atoms with van der Waals surface area (Å²) in [5, 5.41) is 0.557. The molecule has 0 aromatic carbocycles. The fraction of sp³-hybridized carbons (Fsp3) is 1.00. The first-order chi connectivity index (χ1) is 5.61. The third kappa shape index (κ3) is 5.43. The minimum atomic E-state index is -0.982. The Labute approximate surface area is 91.3 Å². The molecular formula is C8H21LiN3Si+. The number of hydrogen-bond donors (Lipinski definition) is 2. The zero-order chi connectivity index (χ0) is 11.3. The van der Waals surface area contributed by atoms with Crippen molar-refractivity contribution in [3.05, 3.63) is 0 Å². The van der Waals surface area contributed by atoms with Crippen LogP contribution in [0.1, 0.15) is 34.6 Å². The van der Waals surface area contributed by atoms with Gasteiger partial charge in [-0.05, 0) is 0 Å². The maximum absolute atomic E-state index is 5.50. The van der Waals surface area contributed by atoms with Crippen molar-refractivity contribution in [2.45, 2.75) is 51.7 Å². The van der Waals surface area contributed by atoms with Crippen molar-refractivity contribution in [2.75, 3.05) is 0 Å². The van der Waals surface area contributed by atoms with Crippen molar-refractivity contribution in [3.8, 4) is 0 Å². The maximum atomic E-state index is 5.50. The normalized spacial score (nSPS) is 15.5. The first kappa shape index (κ1) is 15.6. The molecule has 0 spiro atoms. The van der Waals surface area contributed by atoms with Gasteiger partial charge in [0.2, 0.25) is 4.91 Å². The fourth-order valence-electron chi connectivity index (χ4n) is 0.866. The molecule has 3 nitrogen and oxygen atoms in total. The van der Waals surface area contributed by atoms with Gasteiger partial charge in [0.15, 0.2) is 0 Å². The molecule has 0 saturated carbocycles. The average Bonchev–Trinajstić information content (AvgIpc) is 1.86. The molecule has 5 heteroatoms. The van der Waals surface area contributed by atoms with E-state index in [1.54, 1.807) is 0 Å². The number of hydrogen-bond acceptors (Lipinski definition) is 2. The van der Waals surface area contributed by atoms with Gasteiger partial charge in [-0.2, -0.15) is 0 Å². The second-order valence-corrected chi connectivity index (χ2v) is 11.3. The summed E-state index contributed by atoms with van der Waals surface area (Å²) < 4.78 is 0. The van der Waals surface area contributed by atoms with Crippen LogP contribution >= 0.6 is 0 Å². The second-order valence-electron chi connectivity index (χ2n) is 5.24. The molecule has 0 aliphatic rings. The van der Waals surface area contributed by atoms with Crippen molar-refractivity contribution >= 4 is 23.4 Å². The van der Waals surface area contributed by atoms with Gasteiger partial charge >= 0.3 is 75.2 Å². The predicted molar refractivity (Wildman–Crippen MR) is 59.8 cm³/mol. The summed E-state index contributed by atoms with van der Waals surface area (Å²) in [6.07, 6.45) is -0.982. The molecule has 72 valence electrons. The van der Waals surface area contributed by atoms with Gasteiger partial charge in [-0.3, -0.25) is 0 Å². The van der Waals surface area contributed by atoms with Gasteiger partial charge in [0.1, 0.15) is 11.1 Å². The van der Waals surface area contributed by atoms with Crippen LogP contribution < -0.4 is 4.91 Å². The first-order valence-electron chi connectivity index (χ1n) is 4.64. The minimum absolute atomic E-state index is 0.557. The van der Waals surface area contributed by atoms with Crippen LogP contribution in [-0.4, -0.2) is 23.4 Å². The van der Waals surface area contributed by atoms with E-state index in [1.165, 1.54) is 0 Å². The Balaban J connectivity index is 0. The van der Waals surface area contributed by atoms with E-state index in [4.69, 9.17) is 11.1 Å². The zero-order valence-corrected chi connectivity index (χ0v) is 11.0. The van der Waals surface area contributed by atoms with Crippen LogP contribution in [0.4, 0.5) is 0 Å². The molecule has 0 amide bonds. The molecule has 0 fully saturated rings. The Kier molecular flexibility index (Phi) is 6.92. The van der Waals surface area contributed by atoms with E-state index in [0.717, 1.165) is 5.54 Å². The standard InChI is InChI=1S/C8H19Si.Li.H2N3/c1-7(2)9(6)8(3,4)5;;1-3-2/h7H,1-6H3;;1-2H/q;;+1. The summed E-state index contributed by atoms with van der Waals surface area (Å²) in [7, 11) is 0. The Hall–Kier alpha value is 0.124. The summed E-state index contributed by atoms with van der Waals surface area (Å²) in [6, 6.07) is 0.